The molecular weight excluding hydrogens is 386 g/mol. The van der Waals surface area contributed by atoms with Crippen molar-refractivity contribution in [2.24, 2.45) is 5.92 Å². The van der Waals surface area contributed by atoms with Crippen molar-refractivity contribution in [3.8, 4) is 0 Å². The van der Waals surface area contributed by atoms with Gasteiger partial charge in [0.2, 0.25) is 0 Å². The predicted molar refractivity (Wildman–Crippen MR) is 120 cm³/mol. The van der Waals surface area contributed by atoms with E-state index in [2.05, 4.69) is 32.6 Å². The van der Waals surface area contributed by atoms with E-state index in [0.717, 1.165) is 61.3 Å². The zero-order valence-corrected chi connectivity index (χ0v) is 17.8. The second-order valence-electron chi connectivity index (χ2n) is 9.21. The maximum Gasteiger partial charge on any atom is 0.255 e. The fourth-order valence-electron chi connectivity index (χ4n) is 5.44. The van der Waals surface area contributed by atoms with Crippen molar-refractivity contribution in [3.63, 3.8) is 0 Å². The number of aromatic nitrogens is 4. The van der Waals surface area contributed by atoms with Crippen molar-refractivity contribution in [3.05, 3.63) is 65.2 Å². The predicted octanol–water partition coefficient (Wildman–Crippen LogP) is 4.36. The van der Waals surface area contributed by atoms with Crippen molar-refractivity contribution >= 4 is 22.5 Å². The molecule has 1 aromatic carbocycles. The van der Waals surface area contributed by atoms with E-state index in [1.165, 1.54) is 23.1 Å². The van der Waals surface area contributed by atoms with E-state index in [1.807, 2.05) is 41.4 Å². The number of likely N-dealkylation sites (tertiary alicyclic amines) is 1. The number of carbonyl (C=O) groups excluding carboxylic acids is 1. The van der Waals surface area contributed by atoms with Gasteiger partial charge in [0, 0.05) is 36.3 Å². The number of hydrogen-bond acceptors (Lipinski definition) is 3. The lowest BCUT2D eigenvalue weighted by atomic mass is 9.87. The molecule has 4 heterocycles. The van der Waals surface area contributed by atoms with Crippen molar-refractivity contribution < 1.29 is 4.79 Å². The molecule has 1 fully saturated rings. The lowest BCUT2D eigenvalue weighted by Crippen LogP contribution is -2.38. The molecule has 0 bridgehead atoms. The van der Waals surface area contributed by atoms with Crippen LogP contribution in [0.5, 0.6) is 0 Å². The number of para-hydroxylation sites is 1. The first-order chi connectivity index (χ1) is 15.2. The molecule has 1 unspecified atom stereocenters. The zero-order valence-electron chi connectivity index (χ0n) is 17.8. The highest BCUT2D eigenvalue weighted by molar-refractivity contribution is 6.06. The zero-order chi connectivity index (χ0) is 20.9. The summed E-state index contributed by atoms with van der Waals surface area (Å²) in [6.45, 7) is 3.82. The van der Waals surface area contributed by atoms with Crippen LogP contribution in [0.3, 0.4) is 0 Å². The summed E-state index contributed by atoms with van der Waals surface area (Å²) in [5.41, 5.74) is 5.46. The number of rotatable bonds is 2. The molecular formula is C25H27N5O. The number of H-pyrrole nitrogens is 1. The van der Waals surface area contributed by atoms with Gasteiger partial charge < -0.3 is 9.88 Å². The first-order valence-electron chi connectivity index (χ1n) is 11.4. The third-order valence-corrected chi connectivity index (χ3v) is 7.19. The second-order valence-corrected chi connectivity index (χ2v) is 9.21. The summed E-state index contributed by atoms with van der Waals surface area (Å²) in [5.74, 6) is 2.19. The Balaban J connectivity index is 1.24. The van der Waals surface area contributed by atoms with E-state index in [9.17, 15) is 4.79 Å². The Kier molecular flexibility index (Phi) is 4.33. The van der Waals surface area contributed by atoms with E-state index in [0.29, 0.717) is 11.8 Å². The molecule has 1 saturated heterocycles. The maximum absolute atomic E-state index is 13.5. The SMILES string of the molecule is CC1CCc2[nH]c3c(C(=O)N4CCC(c5nnc6ccccn56)CC4)cccc3c2C1. The average molecular weight is 414 g/mol. The van der Waals surface area contributed by atoms with Crippen molar-refractivity contribution in [1.29, 1.82) is 0 Å². The molecule has 1 atom stereocenters. The summed E-state index contributed by atoms with van der Waals surface area (Å²) in [4.78, 5) is 19.1. The summed E-state index contributed by atoms with van der Waals surface area (Å²) in [6.07, 6.45) is 7.25. The van der Waals surface area contributed by atoms with Gasteiger partial charge in [0.1, 0.15) is 5.82 Å². The molecule has 1 N–H and O–H groups in total. The molecule has 1 aliphatic carbocycles. The minimum atomic E-state index is 0.141. The number of pyridine rings is 1. The highest BCUT2D eigenvalue weighted by Gasteiger charge is 2.29. The number of benzene rings is 1. The molecule has 2 aliphatic rings. The van der Waals surface area contributed by atoms with E-state index in [4.69, 9.17) is 0 Å². The van der Waals surface area contributed by atoms with Crippen LogP contribution in [0.4, 0.5) is 0 Å². The molecule has 1 amide bonds. The lowest BCUT2D eigenvalue weighted by Gasteiger charge is -2.31. The smallest absolute Gasteiger partial charge is 0.255 e. The van der Waals surface area contributed by atoms with Gasteiger partial charge >= 0.3 is 0 Å². The number of nitrogens with one attached hydrogen (secondary N) is 1. The van der Waals surface area contributed by atoms with Gasteiger partial charge in [-0.15, -0.1) is 10.2 Å². The fraction of sp³-hybridized carbons (Fsp3) is 0.400. The van der Waals surface area contributed by atoms with Crippen LogP contribution in [0.15, 0.2) is 42.6 Å². The Morgan fingerprint density at radius 2 is 1.94 bits per heavy atom. The van der Waals surface area contributed by atoms with Gasteiger partial charge in [-0.05, 0) is 61.8 Å². The number of aryl methyl sites for hydroxylation is 1. The Hall–Kier alpha value is -3.15. The number of aromatic amines is 1. The normalized spacial score (nSPS) is 19.8. The van der Waals surface area contributed by atoms with Gasteiger partial charge in [-0.3, -0.25) is 9.20 Å². The van der Waals surface area contributed by atoms with E-state index in [-0.39, 0.29) is 5.91 Å². The van der Waals surface area contributed by atoms with Crippen LogP contribution in [-0.4, -0.2) is 43.5 Å². The lowest BCUT2D eigenvalue weighted by molar-refractivity contribution is 0.0712. The molecule has 6 heteroatoms. The summed E-state index contributed by atoms with van der Waals surface area (Å²) >= 11 is 0. The third-order valence-electron chi connectivity index (χ3n) is 7.19. The first kappa shape index (κ1) is 18.6. The molecule has 1 aliphatic heterocycles. The second kappa shape index (κ2) is 7.22. The van der Waals surface area contributed by atoms with Crippen LogP contribution in [0.1, 0.15) is 59.5 Å². The van der Waals surface area contributed by atoms with Gasteiger partial charge in [-0.1, -0.05) is 25.1 Å². The molecule has 158 valence electrons. The van der Waals surface area contributed by atoms with Crippen molar-refractivity contribution in [2.45, 2.75) is 44.9 Å². The summed E-state index contributed by atoms with van der Waals surface area (Å²) < 4.78 is 2.08. The van der Waals surface area contributed by atoms with Gasteiger partial charge in [0.05, 0.1) is 11.1 Å². The number of hydrogen-bond donors (Lipinski definition) is 1. The van der Waals surface area contributed by atoms with Gasteiger partial charge in [-0.25, -0.2) is 0 Å². The van der Waals surface area contributed by atoms with E-state index < -0.39 is 0 Å². The van der Waals surface area contributed by atoms with Crippen LogP contribution in [0, 0.1) is 5.92 Å². The van der Waals surface area contributed by atoms with Crippen LogP contribution in [-0.2, 0) is 12.8 Å². The summed E-state index contributed by atoms with van der Waals surface area (Å²) in [6, 6.07) is 12.2. The monoisotopic (exact) mass is 413 g/mol. The third kappa shape index (κ3) is 3.04. The Bertz CT molecular complexity index is 1280. The standard InChI is InChI=1S/C25H27N5O/c1-16-8-9-21-20(15-16)18-5-4-6-19(23(18)26-21)25(31)29-13-10-17(11-14-29)24-28-27-22-7-2-3-12-30(22)24/h2-7,12,16-17,26H,8-11,13-15H2,1H3. The topological polar surface area (TPSA) is 66.3 Å². The molecule has 4 aromatic rings. The number of amides is 1. The van der Waals surface area contributed by atoms with Crippen molar-refractivity contribution in [2.75, 3.05) is 13.1 Å². The number of piperidine rings is 1. The molecule has 0 radical (unpaired) electrons. The Morgan fingerprint density at radius 1 is 1.06 bits per heavy atom. The van der Waals surface area contributed by atoms with Crippen molar-refractivity contribution in [1.82, 2.24) is 24.5 Å². The first-order valence-corrected chi connectivity index (χ1v) is 11.4. The van der Waals surface area contributed by atoms with Crippen LogP contribution >= 0.6 is 0 Å². The minimum absolute atomic E-state index is 0.141. The highest BCUT2D eigenvalue weighted by atomic mass is 16.2. The Morgan fingerprint density at radius 3 is 2.81 bits per heavy atom. The molecule has 31 heavy (non-hydrogen) atoms. The summed E-state index contributed by atoms with van der Waals surface area (Å²) in [7, 11) is 0. The largest absolute Gasteiger partial charge is 0.358 e. The van der Waals surface area contributed by atoms with Crippen LogP contribution in [0.25, 0.3) is 16.6 Å². The van der Waals surface area contributed by atoms with Gasteiger partial charge in [0.15, 0.2) is 5.65 Å². The number of carbonyl (C=O) groups is 1. The Labute approximate surface area is 181 Å². The van der Waals surface area contributed by atoms with Crippen LogP contribution in [0.2, 0.25) is 0 Å². The average Bonchev–Trinajstić information content (AvgIpc) is 3.40. The molecule has 3 aromatic heterocycles. The quantitative estimate of drug-likeness (QED) is 0.531. The van der Waals surface area contributed by atoms with Crippen LogP contribution < -0.4 is 0 Å². The van der Waals surface area contributed by atoms with E-state index >= 15 is 0 Å². The number of nitrogens with zero attached hydrogens (tertiary/aromatic N) is 4. The highest BCUT2D eigenvalue weighted by Crippen LogP contribution is 2.34. The molecule has 0 spiro atoms. The molecule has 6 nitrogen and oxygen atoms in total. The minimum Gasteiger partial charge on any atom is -0.358 e. The van der Waals surface area contributed by atoms with E-state index in [1.54, 1.807) is 0 Å². The van der Waals surface area contributed by atoms with Gasteiger partial charge in [-0.2, -0.15) is 0 Å². The molecule has 6 rings (SSSR count). The number of fused-ring (bicyclic) bond motifs is 4. The fourth-order valence-corrected chi connectivity index (χ4v) is 5.44. The molecule has 0 saturated carbocycles. The maximum atomic E-state index is 13.5. The van der Waals surface area contributed by atoms with Gasteiger partial charge in [0.25, 0.3) is 5.91 Å². The summed E-state index contributed by atoms with van der Waals surface area (Å²) in [5, 5.41) is 9.96.